The van der Waals surface area contributed by atoms with Gasteiger partial charge in [-0.1, -0.05) is 12.1 Å². The maximum atomic E-state index is 11.8. The van der Waals surface area contributed by atoms with Gasteiger partial charge in [-0.3, -0.25) is 9.88 Å². The minimum absolute atomic E-state index is 0.300. The first-order valence-corrected chi connectivity index (χ1v) is 14.8. The van der Waals surface area contributed by atoms with Gasteiger partial charge in [0, 0.05) is 75.4 Å². The van der Waals surface area contributed by atoms with Crippen molar-refractivity contribution >= 4 is 26.6 Å². The van der Waals surface area contributed by atoms with Crippen molar-refractivity contribution in [3.05, 3.63) is 60.3 Å². The molecule has 0 bridgehead atoms. The number of likely N-dealkylation sites (tertiary alicyclic amines) is 1. The van der Waals surface area contributed by atoms with Crippen LogP contribution in [0.1, 0.15) is 5.69 Å². The highest BCUT2D eigenvalue weighted by molar-refractivity contribution is 7.90. The molecule has 2 aliphatic heterocycles. The van der Waals surface area contributed by atoms with Crippen LogP contribution in [0.5, 0.6) is 0 Å². The summed E-state index contributed by atoms with van der Waals surface area (Å²) in [5.74, 6) is 0.779. The van der Waals surface area contributed by atoms with Gasteiger partial charge in [0.25, 0.3) is 0 Å². The summed E-state index contributed by atoms with van der Waals surface area (Å²) in [6, 6.07) is 17.7. The number of aromatic nitrogens is 3. The average Bonchev–Trinajstić information content (AvgIpc) is 3.19. The Kier molecular flexibility index (Phi) is 6.05. The molecule has 2 aromatic carbocycles. The first kappa shape index (κ1) is 25.0. The Labute approximate surface area is 223 Å². The van der Waals surface area contributed by atoms with E-state index in [1.807, 2.05) is 18.5 Å². The summed E-state index contributed by atoms with van der Waals surface area (Å²) in [5.41, 5.74) is 7.27. The van der Waals surface area contributed by atoms with E-state index in [0.29, 0.717) is 10.3 Å². The lowest BCUT2D eigenvalue weighted by Gasteiger charge is -2.61. The number of benzene rings is 2. The molecule has 0 aliphatic carbocycles. The molecule has 38 heavy (non-hydrogen) atoms. The van der Waals surface area contributed by atoms with E-state index in [-0.39, 0.29) is 0 Å². The standard InChI is InChI=1S/C29H33N5O3S/c1-20-27-26(32(2)28(31-27)22-7-11-24(12-8-22)38(4,35)36)15-25(30-20)21-5-9-23(10-6-21)34-18-29(19-34)16-33(17-29)13-14-37-3/h5-12,15H,13-14,16-19H2,1-4H3. The fraction of sp³-hybridized carbons (Fsp3) is 0.379. The first-order valence-electron chi connectivity index (χ1n) is 12.9. The van der Waals surface area contributed by atoms with Crippen LogP contribution in [0.2, 0.25) is 0 Å². The van der Waals surface area contributed by atoms with Gasteiger partial charge in [0.2, 0.25) is 0 Å². The Bertz CT molecular complexity index is 1600. The number of methoxy groups -OCH3 is 1. The number of hydrogen-bond acceptors (Lipinski definition) is 7. The molecule has 0 radical (unpaired) electrons. The molecule has 198 valence electrons. The summed E-state index contributed by atoms with van der Waals surface area (Å²) in [4.78, 5) is 15.0. The van der Waals surface area contributed by atoms with Crippen LogP contribution in [0.4, 0.5) is 5.69 Å². The average molecular weight is 532 g/mol. The van der Waals surface area contributed by atoms with Crippen LogP contribution in [0.25, 0.3) is 33.7 Å². The third-order valence-electron chi connectivity index (χ3n) is 7.89. The van der Waals surface area contributed by atoms with Crippen molar-refractivity contribution < 1.29 is 13.2 Å². The molecule has 0 atom stereocenters. The second-order valence-electron chi connectivity index (χ2n) is 10.9. The molecule has 0 amide bonds. The normalized spacial score (nSPS) is 17.1. The zero-order valence-electron chi connectivity index (χ0n) is 22.3. The molecule has 6 rings (SSSR count). The summed E-state index contributed by atoms with van der Waals surface area (Å²) in [6.07, 6.45) is 1.21. The molecule has 9 heteroatoms. The number of nitrogens with zero attached hydrogens (tertiary/aromatic N) is 5. The SMILES string of the molecule is COCCN1CC2(C1)CN(c1ccc(-c3cc4c(nc(-c5ccc(S(C)(=O)=O)cc5)n4C)c(C)n3)cc1)C2. The summed E-state index contributed by atoms with van der Waals surface area (Å²) in [6.45, 7) is 8.38. The number of imidazole rings is 1. The Morgan fingerprint density at radius 3 is 2.24 bits per heavy atom. The van der Waals surface area contributed by atoms with E-state index in [4.69, 9.17) is 14.7 Å². The van der Waals surface area contributed by atoms with Gasteiger partial charge in [0.05, 0.1) is 28.4 Å². The van der Waals surface area contributed by atoms with Crippen LogP contribution in [0.3, 0.4) is 0 Å². The number of ether oxygens (including phenoxy) is 1. The second-order valence-corrected chi connectivity index (χ2v) is 12.9. The second kappa shape index (κ2) is 9.18. The van der Waals surface area contributed by atoms with Crippen molar-refractivity contribution in [2.75, 3.05) is 57.6 Å². The highest BCUT2D eigenvalue weighted by atomic mass is 32.2. The Balaban J connectivity index is 1.20. The lowest BCUT2D eigenvalue weighted by atomic mass is 9.72. The van der Waals surface area contributed by atoms with Crippen LogP contribution in [0.15, 0.2) is 59.5 Å². The van der Waals surface area contributed by atoms with Crippen molar-refractivity contribution in [2.45, 2.75) is 11.8 Å². The predicted octanol–water partition coefficient (Wildman–Crippen LogP) is 3.78. The van der Waals surface area contributed by atoms with Crippen LogP contribution in [0, 0.1) is 12.3 Å². The topological polar surface area (TPSA) is 80.6 Å². The van der Waals surface area contributed by atoms with Crippen molar-refractivity contribution in [2.24, 2.45) is 12.5 Å². The van der Waals surface area contributed by atoms with E-state index in [9.17, 15) is 8.42 Å². The number of anilines is 1. The molecular formula is C29H33N5O3S. The van der Waals surface area contributed by atoms with E-state index in [1.54, 1.807) is 31.4 Å². The number of rotatable bonds is 7. The fourth-order valence-electron chi connectivity index (χ4n) is 5.87. The van der Waals surface area contributed by atoms with E-state index in [0.717, 1.165) is 65.6 Å². The van der Waals surface area contributed by atoms with Gasteiger partial charge in [0.15, 0.2) is 9.84 Å². The van der Waals surface area contributed by atoms with Crippen LogP contribution >= 0.6 is 0 Å². The lowest BCUT2D eigenvalue weighted by molar-refractivity contribution is -0.0327. The first-order chi connectivity index (χ1) is 18.2. The molecule has 4 aromatic rings. The van der Waals surface area contributed by atoms with Crippen LogP contribution < -0.4 is 4.90 Å². The summed E-state index contributed by atoms with van der Waals surface area (Å²) in [7, 11) is 0.503. The molecule has 2 saturated heterocycles. The van der Waals surface area contributed by atoms with Gasteiger partial charge in [-0.25, -0.2) is 13.4 Å². The van der Waals surface area contributed by atoms with E-state index < -0.39 is 9.84 Å². The monoisotopic (exact) mass is 531 g/mol. The van der Waals surface area contributed by atoms with E-state index in [1.165, 1.54) is 25.0 Å². The molecular weight excluding hydrogens is 498 g/mol. The highest BCUT2D eigenvalue weighted by Crippen LogP contribution is 2.42. The fourth-order valence-corrected chi connectivity index (χ4v) is 6.50. The van der Waals surface area contributed by atoms with Gasteiger partial charge in [-0.2, -0.15) is 0 Å². The number of aryl methyl sites for hydroxylation is 2. The molecule has 1 spiro atoms. The van der Waals surface area contributed by atoms with Crippen LogP contribution in [-0.2, 0) is 21.6 Å². The maximum Gasteiger partial charge on any atom is 0.175 e. The highest BCUT2D eigenvalue weighted by Gasteiger charge is 2.51. The summed E-state index contributed by atoms with van der Waals surface area (Å²) >= 11 is 0. The van der Waals surface area contributed by atoms with Crippen molar-refractivity contribution in [1.82, 2.24) is 19.4 Å². The van der Waals surface area contributed by atoms with Gasteiger partial charge in [-0.15, -0.1) is 0 Å². The molecule has 0 saturated carbocycles. The third-order valence-corrected chi connectivity index (χ3v) is 9.02. The molecule has 4 heterocycles. The minimum Gasteiger partial charge on any atom is -0.383 e. The number of sulfone groups is 1. The Morgan fingerprint density at radius 2 is 1.61 bits per heavy atom. The predicted molar refractivity (Wildman–Crippen MR) is 150 cm³/mol. The molecule has 0 N–H and O–H groups in total. The van der Waals surface area contributed by atoms with Gasteiger partial charge in [-0.05, 0) is 49.4 Å². The lowest BCUT2D eigenvalue weighted by Crippen LogP contribution is -2.72. The third kappa shape index (κ3) is 4.38. The Morgan fingerprint density at radius 1 is 0.947 bits per heavy atom. The number of fused-ring (bicyclic) bond motifs is 1. The maximum absolute atomic E-state index is 11.8. The zero-order chi connectivity index (χ0) is 26.7. The molecule has 2 aliphatic rings. The molecule has 2 fully saturated rings. The summed E-state index contributed by atoms with van der Waals surface area (Å²) in [5, 5.41) is 0. The van der Waals surface area contributed by atoms with Crippen molar-refractivity contribution in [3.63, 3.8) is 0 Å². The van der Waals surface area contributed by atoms with Crippen molar-refractivity contribution in [1.29, 1.82) is 0 Å². The molecule has 2 aromatic heterocycles. The number of pyridine rings is 1. The van der Waals surface area contributed by atoms with Gasteiger partial charge >= 0.3 is 0 Å². The van der Waals surface area contributed by atoms with E-state index in [2.05, 4.69) is 40.1 Å². The zero-order valence-corrected chi connectivity index (χ0v) is 23.1. The number of hydrogen-bond donors (Lipinski definition) is 0. The van der Waals surface area contributed by atoms with Crippen molar-refractivity contribution in [3.8, 4) is 22.6 Å². The van der Waals surface area contributed by atoms with E-state index >= 15 is 0 Å². The molecule has 8 nitrogen and oxygen atoms in total. The quantitative estimate of drug-likeness (QED) is 0.359. The smallest absolute Gasteiger partial charge is 0.175 e. The van der Waals surface area contributed by atoms with Crippen LogP contribution in [-0.4, -0.2) is 80.5 Å². The summed E-state index contributed by atoms with van der Waals surface area (Å²) < 4.78 is 30.9. The molecule has 0 unspecified atom stereocenters. The largest absolute Gasteiger partial charge is 0.383 e. The Hall–Kier alpha value is -3.27. The minimum atomic E-state index is -3.24. The van der Waals surface area contributed by atoms with Gasteiger partial charge in [0.1, 0.15) is 11.3 Å². The van der Waals surface area contributed by atoms with Gasteiger partial charge < -0.3 is 14.2 Å².